The summed E-state index contributed by atoms with van der Waals surface area (Å²) in [6.07, 6.45) is 6.08. The van der Waals surface area contributed by atoms with E-state index < -0.39 is 0 Å². The molecule has 1 aliphatic rings. The van der Waals surface area contributed by atoms with Crippen LogP contribution in [0.4, 0.5) is 0 Å². The minimum absolute atomic E-state index is 0.137. The average Bonchev–Trinajstić information content (AvgIpc) is 2.18. The Morgan fingerprint density at radius 3 is 2.67 bits per heavy atom. The molecule has 1 atom stereocenters. The van der Waals surface area contributed by atoms with E-state index in [1.54, 1.807) is 0 Å². The Kier molecular flexibility index (Phi) is 5.65. The van der Waals surface area contributed by atoms with E-state index in [2.05, 4.69) is 5.43 Å². The minimum Gasteiger partial charge on any atom is -0.328 e. The third-order valence-electron chi connectivity index (χ3n) is 2.70. The van der Waals surface area contributed by atoms with Crippen molar-refractivity contribution in [2.75, 3.05) is 13.1 Å². The van der Waals surface area contributed by atoms with Crippen LogP contribution in [0, 0.1) is 0 Å². The Bertz CT molecular complexity index is 188. The quantitative estimate of drug-likeness (QED) is 0.717. The second-order valence-corrected chi connectivity index (χ2v) is 4.45. The summed E-state index contributed by atoms with van der Waals surface area (Å²) in [5.74, 6) is 0.137. The van der Waals surface area contributed by atoms with E-state index >= 15 is 0 Å². The molecular weight excluding hydrogens is 190 g/mol. The molecule has 0 aromatic rings. The van der Waals surface area contributed by atoms with E-state index in [-0.39, 0.29) is 11.9 Å². The molecule has 0 bridgehead atoms. The second kappa shape index (κ2) is 6.80. The van der Waals surface area contributed by atoms with E-state index in [1.165, 1.54) is 19.3 Å². The molecule has 1 amide bonds. The van der Waals surface area contributed by atoms with Crippen LogP contribution >= 0.6 is 0 Å². The number of hydrogen-bond acceptors (Lipinski definition) is 3. The van der Waals surface area contributed by atoms with Crippen molar-refractivity contribution in [1.29, 1.82) is 0 Å². The minimum atomic E-state index is 0.137. The zero-order valence-electron chi connectivity index (χ0n) is 9.67. The number of carbonyl (C=O) groups is 1. The predicted octanol–water partition coefficient (Wildman–Crippen LogP) is 1.02. The topological polar surface area (TPSA) is 58.4 Å². The molecule has 4 nitrogen and oxygen atoms in total. The van der Waals surface area contributed by atoms with Gasteiger partial charge in [-0.15, -0.1) is 0 Å². The molecule has 1 aliphatic heterocycles. The molecule has 1 unspecified atom stereocenters. The highest BCUT2D eigenvalue weighted by molar-refractivity contribution is 5.75. The maximum absolute atomic E-state index is 11.5. The van der Waals surface area contributed by atoms with Crippen LogP contribution in [0.1, 0.15) is 45.4 Å². The molecule has 0 aromatic carbocycles. The third kappa shape index (κ3) is 5.74. The Balaban J connectivity index is 2.06. The van der Waals surface area contributed by atoms with E-state index in [4.69, 9.17) is 5.73 Å². The highest BCUT2D eigenvalue weighted by Gasteiger charge is 2.12. The van der Waals surface area contributed by atoms with Gasteiger partial charge in [-0.05, 0) is 32.6 Å². The maximum Gasteiger partial charge on any atom is 0.234 e. The lowest BCUT2D eigenvalue weighted by molar-refractivity contribution is -0.126. The molecule has 88 valence electrons. The molecular formula is C11H23N3O. The molecule has 1 saturated heterocycles. The average molecular weight is 213 g/mol. The van der Waals surface area contributed by atoms with Gasteiger partial charge in [0.05, 0.1) is 0 Å². The summed E-state index contributed by atoms with van der Waals surface area (Å²) in [7, 11) is 0. The summed E-state index contributed by atoms with van der Waals surface area (Å²) in [4.78, 5) is 11.5. The molecule has 15 heavy (non-hydrogen) atoms. The summed E-state index contributed by atoms with van der Waals surface area (Å²) in [5.41, 5.74) is 8.57. The van der Waals surface area contributed by atoms with Crippen LogP contribution in [0.2, 0.25) is 0 Å². The van der Waals surface area contributed by atoms with E-state index in [9.17, 15) is 4.79 Å². The van der Waals surface area contributed by atoms with Gasteiger partial charge in [-0.2, -0.15) is 0 Å². The molecule has 0 aromatic heterocycles. The van der Waals surface area contributed by atoms with Gasteiger partial charge in [0.1, 0.15) is 0 Å². The van der Waals surface area contributed by atoms with Gasteiger partial charge in [0, 0.05) is 25.6 Å². The Labute approximate surface area is 92.2 Å². The van der Waals surface area contributed by atoms with Gasteiger partial charge >= 0.3 is 0 Å². The monoisotopic (exact) mass is 213 g/mol. The van der Waals surface area contributed by atoms with E-state index in [0.29, 0.717) is 6.42 Å². The number of hydrazine groups is 1. The van der Waals surface area contributed by atoms with Crippen LogP contribution in [0.15, 0.2) is 0 Å². The normalized spacial score (nSPS) is 19.9. The first-order chi connectivity index (χ1) is 7.18. The van der Waals surface area contributed by atoms with E-state index in [1.807, 2.05) is 11.9 Å². The van der Waals surface area contributed by atoms with Crippen molar-refractivity contribution in [3.05, 3.63) is 0 Å². The lowest BCUT2D eigenvalue weighted by Crippen LogP contribution is -2.44. The van der Waals surface area contributed by atoms with Gasteiger partial charge < -0.3 is 5.73 Å². The lowest BCUT2D eigenvalue weighted by Gasteiger charge is -2.26. The number of rotatable bonds is 5. The fraction of sp³-hybridized carbons (Fsp3) is 0.909. The zero-order chi connectivity index (χ0) is 11.1. The van der Waals surface area contributed by atoms with Gasteiger partial charge in [-0.1, -0.05) is 6.42 Å². The molecule has 0 spiro atoms. The summed E-state index contributed by atoms with van der Waals surface area (Å²) >= 11 is 0. The fourth-order valence-corrected chi connectivity index (χ4v) is 1.82. The van der Waals surface area contributed by atoms with Crippen LogP contribution in [0.25, 0.3) is 0 Å². The van der Waals surface area contributed by atoms with E-state index in [0.717, 1.165) is 25.9 Å². The van der Waals surface area contributed by atoms with Gasteiger partial charge in [-0.3, -0.25) is 10.2 Å². The van der Waals surface area contributed by atoms with Gasteiger partial charge in [-0.25, -0.2) is 5.01 Å². The largest absolute Gasteiger partial charge is 0.328 e. The molecule has 0 radical (unpaired) electrons. The van der Waals surface area contributed by atoms with Crippen molar-refractivity contribution < 1.29 is 4.79 Å². The predicted molar refractivity (Wildman–Crippen MR) is 61.1 cm³/mol. The Morgan fingerprint density at radius 2 is 2.07 bits per heavy atom. The molecule has 3 N–H and O–H groups in total. The number of nitrogens with zero attached hydrogens (tertiary/aromatic N) is 1. The molecule has 0 saturated carbocycles. The van der Waals surface area contributed by atoms with Crippen LogP contribution in [0.5, 0.6) is 0 Å². The summed E-state index contributed by atoms with van der Waals surface area (Å²) in [5, 5.41) is 2.04. The van der Waals surface area contributed by atoms with Gasteiger partial charge in [0.25, 0.3) is 0 Å². The highest BCUT2D eigenvalue weighted by Crippen LogP contribution is 2.06. The molecule has 0 aliphatic carbocycles. The number of nitrogens with one attached hydrogen (secondary N) is 1. The SMILES string of the molecule is CC(N)CCCC(=O)NN1CCCCC1. The Morgan fingerprint density at radius 1 is 1.40 bits per heavy atom. The fourth-order valence-electron chi connectivity index (χ4n) is 1.82. The van der Waals surface area contributed by atoms with Gasteiger partial charge in [0.2, 0.25) is 5.91 Å². The number of nitrogens with two attached hydrogens (primary N) is 1. The number of carbonyl (C=O) groups excluding carboxylic acids is 1. The first-order valence-electron chi connectivity index (χ1n) is 5.98. The van der Waals surface area contributed by atoms with Crippen molar-refractivity contribution in [3.8, 4) is 0 Å². The van der Waals surface area contributed by atoms with Crippen molar-refractivity contribution in [2.45, 2.75) is 51.5 Å². The number of piperidine rings is 1. The number of amides is 1. The molecule has 1 fully saturated rings. The zero-order valence-corrected chi connectivity index (χ0v) is 9.67. The molecule has 4 heteroatoms. The lowest BCUT2D eigenvalue weighted by atomic mass is 10.1. The maximum atomic E-state index is 11.5. The first-order valence-corrected chi connectivity index (χ1v) is 5.98. The van der Waals surface area contributed by atoms with Crippen LogP contribution in [-0.2, 0) is 4.79 Å². The highest BCUT2D eigenvalue weighted by atomic mass is 16.2. The van der Waals surface area contributed by atoms with Crippen molar-refractivity contribution in [3.63, 3.8) is 0 Å². The standard InChI is InChI=1S/C11H23N3O/c1-10(12)6-5-7-11(15)13-14-8-3-2-4-9-14/h10H,2-9,12H2,1H3,(H,13,15). The Hall–Kier alpha value is -0.610. The van der Waals surface area contributed by atoms with Gasteiger partial charge in [0.15, 0.2) is 0 Å². The summed E-state index contributed by atoms with van der Waals surface area (Å²) in [6, 6.07) is 0.202. The number of hydrogen-bond donors (Lipinski definition) is 2. The molecule has 1 rings (SSSR count). The van der Waals surface area contributed by atoms with Crippen LogP contribution < -0.4 is 11.2 Å². The summed E-state index contributed by atoms with van der Waals surface area (Å²) in [6.45, 7) is 3.97. The summed E-state index contributed by atoms with van der Waals surface area (Å²) < 4.78 is 0. The van der Waals surface area contributed by atoms with Crippen LogP contribution in [0.3, 0.4) is 0 Å². The smallest absolute Gasteiger partial charge is 0.234 e. The molecule has 1 heterocycles. The van der Waals surface area contributed by atoms with Crippen molar-refractivity contribution in [1.82, 2.24) is 10.4 Å². The van der Waals surface area contributed by atoms with Crippen molar-refractivity contribution in [2.24, 2.45) is 5.73 Å². The van der Waals surface area contributed by atoms with Crippen LogP contribution in [-0.4, -0.2) is 30.0 Å². The third-order valence-corrected chi connectivity index (χ3v) is 2.70. The van der Waals surface area contributed by atoms with Crippen molar-refractivity contribution >= 4 is 5.91 Å². The second-order valence-electron chi connectivity index (χ2n) is 4.45. The first kappa shape index (κ1) is 12.5.